The van der Waals surface area contributed by atoms with E-state index in [1.807, 2.05) is 38.1 Å². The SMILES string of the molecule is CC(=O)NC(C(=O)Nc1ccc(C(C)(C)C)cc1)C(C)C. The van der Waals surface area contributed by atoms with E-state index in [1.165, 1.54) is 12.5 Å². The van der Waals surface area contributed by atoms with Crippen molar-refractivity contribution in [2.24, 2.45) is 5.92 Å². The molecule has 0 saturated carbocycles. The summed E-state index contributed by atoms with van der Waals surface area (Å²) in [5.41, 5.74) is 2.03. The van der Waals surface area contributed by atoms with Gasteiger partial charge in [-0.3, -0.25) is 9.59 Å². The highest BCUT2D eigenvalue weighted by molar-refractivity contribution is 5.97. The third-order valence-corrected chi connectivity index (χ3v) is 3.33. The average molecular weight is 290 g/mol. The van der Waals surface area contributed by atoms with Crippen molar-refractivity contribution < 1.29 is 9.59 Å². The van der Waals surface area contributed by atoms with Crippen LogP contribution in [-0.4, -0.2) is 17.9 Å². The molecule has 2 amide bonds. The summed E-state index contributed by atoms with van der Waals surface area (Å²) < 4.78 is 0. The van der Waals surface area contributed by atoms with E-state index < -0.39 is 6.04 Å². The molecule has 1 atom stereocenters. The highest BCUT2D eigenvalue weighted by Crippen LogP contribution is 2.23. The maximum atomic E-state index is 12.2. The second-order valence-electron chi connectivity index (χ2n) is 6.74. The Bertz CT molecular complexity index is 499. The van der Waals surface area contributed by atoms with Gasteiger partial charge < -0.3 is 10.6 Å². The Labute approximate surface area is 127 Å². The van der Waals surface area contributed by atoms with Crippen molar-refractivity contribution >= 4 is 17.5 Å². The summed E-state index contributed by atoms with van der Waals surface area (Å²) in [6.07, 6.45) is 0. The van der Waals surface area contributed by atoms with Gasteiger partial charge >= 0.3 is 0 Å². The number of nitrogens with one attached hydrogen (secondary N) is 2. The number of carbonyl (C=O) groups is 2. The largest absolute Gasteiger partial charge is 0.344 e. The number of hydrogen-bond acceptors (Lipinski definition) is 2. The summed E-state index contributed by atoms with van der Waals surface area (Å²) in [5.74, 6) is -0.363. The minimum Gasteiger partial charge on any atom is -0.344 e. The number of anilines is 1. The van der Waals surface area contributed by atoms with E-state index in [9.17, 15) is 9.59 Å². The molecule has 0 aliphatic carbocycles. The standard InChI is InChI=1S/C17H26N2O2/c1-11(2)15(18-12(3)20)16(21)19-14-9-7-13(8-10-14)17(4,5)6/h7-11,15H,1-6H3,(H,18,20)(H,19,21). The number of amides is 2. The molecule has 0 spiro atoms. The smallest absolute Gasteiger partial charge is 0.247 e. The predicted octanol–water partition coefficient (Wildman–Crippen LogP) is 3.08. The van der Waals surface area contributed by atoms with Crippen molar-refractivity contribution in [3.05, 3.63) is 29.8 Å². The van der Waals surface area contributed by atoms with Crippen molar-refractivity contribution in [1.29, 1.82) is 0 Å². The van der Waals surface area contributed by atoms with Gasteiger partial charge in [0.25, 0.3) is 0 Å². The van der Waals surface area contributed by atoms with Crippen LogP contribution in [0, 0.1) is 5.92 Å². The Morgan fingerprint density at radius 2 is 1.57 bits per heavy atom. The molecule has 0 heterocycles. The predicted molar refractivity (Wildman–Crippen MR) is 86.2 cm³/mol. The van der Waals surface area contributed by atoms with E-state index in [4.69, 9.17) is 0 Å². The van der Waals surface area contributed by atoms with Gasteiger partial charge in [0.2, 0.25) is 11.8 Å². The molecule has 0 radical (unpaired) electrons. The Hall–Kier alpha value is -1.84. The van der Waals surface area contributed by atoms with Crippen LogP contribution in [0.2, 0.25) is 0 Å². The van der Waals surface area contributed by atoms with Gasteiger partial charge in [0.1, 0.15) is 6.04 Å². The van der Waals surface area contributed by atoms with Crippen LogP contribution < -0.4 is 10.6 Å². The van der Waals surface area contributed by atoms with Crippen LogP contribution in [0.15, 0.2) is 24.3 Å². The summed E-state index contributed by atoms with van der Waals surface area (Å²) in [6, 6.07) is 7.29. The van der Waals surface area contributed by atoms with Crippen LogP contribution in [0.3, 0.4) is 0 Å². The lowest BCUT2D eigenvalue weighted by molar-refractivity contribution is -0.126. The maximum absolute atomic E-state index is 12.2. The lowest BCUT2D eigenvalue weighted by atomic mass is 9.87. The van der Waals surface area contributed by atoms with E-state index in [1.54, 1.807) is 0 Å². The monoisotopic (exact) mass is 290 g/mol. The summed E-state index contributed by atoms with van der Waals surface area (Å²) in [6.45, 7) is 11.7. The number of hydrogen-bond donors (Lipinski definition) is 2. The second kappa shape index (κ2) is 6.74. The zero-order chi connectivity index (χ0) is 16.2. The van der Waals surface area contributed by atoms with Crippen molar-refractivity contribution in [3.8, 4) is 0 Å². The van der Waals surface area contributed by atoms with Gasteiger partial charge in [-0.15, -0.1) is 0 Å². The van der Waals surface area contributed by atoms with Gasteiger partial charge in [0.15, 0.2) is 0 Å². The fraction of sp³-hybridized carbons (Fsp3) is 0.529. The molecule has 0 fully saturated rings. The van der Waals surface area contributed by atoms with E-state index in [2.05, 4.69) is 31.4 Å². The van der Waals surface area contributed by atoms with Crippen molar-refractivity contribution in [2.45, 2.75) is 53.0 Å². The topological polar surface area (TPSA) is 58.2 Å². The Balaban J connectivity index is 2.79. The lowest BCUT2D eigenvalue weighted by Crippen LogP contribution is -2.46. The highest BCUT2D eigenvalue weighted by Gasteiger charge is 2.23. The molecule has 1 rings (SSSR count). The molecule has 1 unspecified atom stereocenters. The summed E-state index contributed by atoms with van der Waals surface area (Å²) in [5, 5.41) is 5.54. The first-order valence-electron chi connectivity index (χ1n) is 7.29. The summed E-state index contributed by atoms with van der Waals surface area (Å²) in [4.78, 5) is 23.4. The molecule has 1 aromatic carbocycles. The molecule has 1 aromatic rings. The van der Waals surface area contributed by atoms with E-state index >= 15 is 0 Å². The first-order valence-corrected chi connectivity index (χ1v) is 7.29. The molecular formula is C17H26N2O2. The zero-order valence-electron chi connectivity index (χ0n) is 13.8. The quantitative estimate of drug-likeness (QED) is 0.895. The lowest BCUT2D eigenvalue weighted by Gasteiger charge is -2.22. The van der Waals surface area contributed by atoms with Crippen LogP contribution in [-0.2, 0) is 15.0 Å². The molecular weight excluding hydrogens is 264 g/mol. The maximum Gasteiger partial charge on any atom is 0.247 e. The van der Waals surface area contributed by atoms with Crippen molar-refractivity contribution in [3.63, 3.8) is 0 Å². The molecule has 0 aliphatic rings. The fourth-order valence-electron chi connectivity index (χ4n) is 2.03. The molecule has 4 heteroatoms. The third-order valence-electron chi connectivity index (χ3n) is 3.33. The fourth-order valence-corrected chi connectivity index (χ4v) is 2.03. The van der Waals surface area contributed by atoms with Gasteiger partial charge in [0, 0.05) is 12.6 Å². The molecule has 0 saturated heterocycles. The molecule has 4 nitrogen and oxygen atoms in total. The van der Waals surface area contributed by atoms with Gasteiger partial charge in [-0.25, -0.2) is 0 Å². The van der Waals surface area contributed by atoms with Gasteiger partial charge in [-0.05, 0) is 29.0 Å². The summed E-state index contributed by atoms with van der Waals surface area (Å²) >= 11 is 0. The Morgan fingerprint density at radius 1 is 1.05 bits per heavy atom. The number of benzene rings is 1. The molecule has 2 N–H and O–H groups in total. The second-order valence-corrected chi connectivity index (χ2v) is 6.74. The van der Waals surface area contributed by atoms with Crippen LogP contribution in [0.1, 0.15) is 47.1 Å². The van der Waals surface area contributed by atoms with E-state index in [0.717, 1.165) is 5.69 Å². The van der Waals surface area contributed by atoms with Crippen LogP contribution in [0.5, 0.6) is 0 Å². The van der Waals surface area contributed by atoms with Gasteiger partial charge in [0.05, 0.1) is 0 Å². The van der Waals surface area contributed by atoms with Crippen LogP contribution >= 0.6 is 0 Å². The van der Waals surface area contributed by atoms with Crippen molar-refractivity contribution in [1.82, 2.24) is 5.32 Å². The molecule has 0 aliphatic heterocycles. The van der Waals surface area contributed by atoms with Crippen LogP contribution in [0.4, 0.5) is 5.69 Å². The minimum absolute atomic E-state index is 0.0303. The molecule has 0 bridgehead atoms. The zero-order valence-corrected chi connectivity index (χ0v) is 13.8. The van der Waals surface area contributed by atoms with Gasteiger partial charge in [-0.2, -0.15) is 0 Å². The average Bonchev–Trinajstić information content (AvgIpc) is 2.34. The molecule has 116 valence electrons. The van der Waals surface area contributed by atoms with E-state index in [0.29, 0.717) is 0 Å². The molecule has 0 aromatic heterocycles. The Kier molecular flexibility index (Phi) is 5.53. The van der Waals surface area contributed by atoms with Crippen LogP contribution in [0.25, 0.3) is 0 Å². The van der Waals surface area contributed by atoms with Crippen molar-refractivity contribution in [2.75, 3.05) is 5.32 Å². The highest BCUT2D eigenvalue weighted by atomic mass is 16.2. The number of carbonyl (C=O) groups excluding carboxylic acids is 2. The number of rotatable bonds is 4. The third kappa shape index (κ3) is 5.21. The van der Waals surface area contributed by atoms with Gasteiger partial charge in [-0.1, -0.05) is 46.8 Å². The minimum atomic E-state index is -0.523. The van der Waals surface area contributed by atoms with E-state index in [-0.39, 0.29) is 23.1 Å². The molecule has 21 heavy (non-hydrogen) atoms. The normalized spacial score (nSPS) is 12.9. The first-order chi connectivity index (χ1) is 9.61. The Morgan fingerprint density at radius 3 is 1.95 bits per heavy atom. The first kappa shape index (κ1) is 17.2. The summed E-state index contributed by atoms with van der Waals surface area (Å²) in [7, 11) is 0.